The fourth-order valence-corrected chi connectivity index (χ4v) is 2.61. The summed E-state index contributed by atoms with van der Waals surface area (Å²) in [6, 6.07) is 0. The predicted octanol–water partition coefficient (Wildman–Crippen LogP) is 0.936. The van der Waals surface area contributed by atoms with Gasteiger partial charge in [-0.1, -0.05) is 0 Å². The fourth-order valence-electron chi connectivity index (χ4n) is 2.61. The summed E-state index contributed by atoms with van der Waals surface area (Å²) in [6.45, 7) is 1.70. The first-order chi connectivity index (χ1) is 6.79. The van der Waals surface area contributed by atoms with Gasteiger partial charge < -0.3 is 10.4 Å². The van der Waals surface area contributed by atoms with Gasteiger partial charge in [0.15, 0.2) is 0 Å². The molecule has 0 spiro atoms. The van der Waals surface area contributed by atoms with Crippen LogP contribution in [0.2, 0.25) is 0 Å². The first-order valence-corrected chi connectivity index (χ1v) is 5.26. The Morgan fingerprint density at radius 2 is 1.71 bits per heavy atom. The fraction of sp³-hybridized carbons (Fsp3) is 0.800. The van der Waals surface area contributed by atoms with Crippen molar-refractivity contribution in [2.24, 2.45) is 11.8 Å². The highest BCUT2D eigenvalue weighted by Gasteiger charge is 2.31. The molecule has 0 aromatic rings. The maximum Gasteiger partial charge on any atom is 0.344 e. The molecule has 3 rings (SSSR count). The normalized spacial score (nSPS) is 30.7. The Labute approximate surface area is 83.5 Å². The van der Waals surface area contributed by atoms with Crippen molar-refractivity contribution in [3.63, 3.8) is 0 Å². The predicted molar refractivity (Wildman–Crippen MR) is 51.7 cm³/mol. The van der Waals surface area contributed by atoms with Gasteiger partial charge in [0.2, 0.25) is 0 Å². The summed E-state index contributed by atoms with van der Waals surface area (Å²) in [5.74, 6) is 1.20. The quantitative estimate of drug-likeness (QED) is 0.347. The molecule has 0 aromatic heterocycles. The second kappa shape index (κ2) is 3.93. The van der Waals surface area contributed by atoms with Gasteiger partial charge in [0.25, 0.3) is 0 Å². The molecule has 2 bridgehead atoms. The average molecular weight is 193 g/mol. The standard InChI is InChI=1S/C10H15N3O/c11-12-5-10(14)13-6-8-1-2-9(7-13)4-3-8/h5,8-9H,1-4,6-7H2. The molecule has 0 atom stereocenters. The molecular weight excluding hydrogens is 178 g/mol. The highest BCUT2D eigenvalue weighted by atomic mass is 16.2. The molecule has 4 nitrogen and oxygen atoms in total. The minimum atomic E-state index is -0.147. The number of nitrogens with zero attached hydrogens (tertiary/aromatic N) is 3. The van der Waals surface area contributed by atoms with Crippen molar-refractivity contribution in [3.05, 3.63) is 5.53 Å². The van der Waals surface area contributed by atoms with Gasteiger partial charge in [0, 0.05) is 13.1 Å². The number of carbonyl (C=O) groups excluding carboxylic acids is 1. The van der Waals surface area contributed by atoms with Gasteiger partial charge in [0.05, 0.1) is 0 Å². The Morgan fingerprint density at radius 3 is 2.14 bits per heavy atom. The third-order valence-electron chi connectivity index (χ3n) is 3.40. The van der Waals surface area contributed by atoms with E-state index in [1.54, 1.807) is 0 Å². The van der Waals surface area contributed by atoms with E-state index >= 15 is 0 Å². The second-order valence-electron chi connectivity index (χ2n) is 4.37. The van der Waals surface area contributed by atoms with Crippen LogP contribution in [0, 0.1) is 11.8 Å². The van der Waals surface area contributed by atoms with E-state index in [1.807, 2.05) is 4.90 Å². The number of amides is 1. The van der Waals surface area contributed by atoms with Crippen molar-refractivity contribution < 1.29 is 9.58 Å². The Kier molecular flexibility index (Phi) is 2.64. The molecule has 1 saturated carbocycles. The Bertz CT molecular complexity index is 261. The molecule has 1 amide bonds. The number of fused-ring (bicyclic) bond motifs is 4. The van der Waals surface area contributed by atoms with Crippen LogP contribution in [0.3, 0.4) is 0 Å². The lowest BCUT2D eigenvalue weighted by molar-refractivity contribution is -0.127. The van der Waals surface area contributed by atoms with Crippen molar-refractivity contribution in [3.8, 4) is 0 Å². The van der Waals surface area contributed by atoms with E-state index in [2.05, 4.69) is 4.79 Å². The van der Waals surface area contributed by atoms with E-state index in [4.69, 9.17) is 5.53 Å². The van der Waals surface area contributed by atoms with Crippen LogP contribution in [-0.4, -0.2) is 34.9 Å². The summed E-state index contributed by atoms with van der Waals surface area (Å²) in [5.41, 5.74) is 8.31. The summed E-state index contributed by atoms with van der Waals surface area (Å²) in [7, 11) is 0. The van der Waals surface area contributed by atoms with E-state index in [0.717, 1.165) is 19.3 Å². The molecule has 2 heterocycles. The third kappa shape index (κ3) is 1.85. The van der Waals surface area contributed by atoms with Crippen molar-refractivity contribution in [2.75, 3.05) is 13.1 Å². The SMILES string of the molecule is [N-]=[N+]=CC(=O)N1CC2CCC(CC2)C1. The van der Waals surface area contributed by atoms with Crippen LogP contribution in [0.1, 0.15) is 25.7 Å². The molecule has 2 aliphatic heterocycles. The van der Waals surface area contributed by atoms with Gasteiger partial charge >= 0.3 is 12.1 Å². The first-order valence-electron chi connectivity index (χ1n) is 5.26. The van der Waals surface area contributed by atoms with Crippen LogP contribution in [0.5, 0.6) is 0 Å². The van der Waals surface area contributed by atoms with E-state index in [-0.39, 0.29) is 5.91 Å². The largest absolute Gasteiger partial charge is 0.361 e. The Morgan fingerprint density at radius 1 is 1.21 bits per heavy atom. The van der Waals surface area contributed by atoms with Gasteiger partial charge in [-0.3, -0.25) is 4.79 Å². The van der Waals surface area contributed by atoms with Gasteiger partial charge in [-0.25, -0.2) is 0 Å². The molecule has 0 aromatic carbocycles. The van der Waals surface area contributed by atoms with Gasteiger partial charge in [-0.05, 0) is 37.5 Å². The van der Waals surface area contributed by atoms with Crippen molar-refractivity contribution in [2.45, 2.75) is 25.7 Å². The molecule has 14 heavy (non-hydrogen) atoms. The van der Waals surface area contributed by atoms with Crippen LogP contribution < -0.4 is 0 Å². The Hall–Kier alpha value is -1.15. The average Bonchev–Trinajstić information content (AvgIpc) is 2.50. The van der Waals surface area contributed by atoms with Crippen LogP contribution in [0.4, 0.5) is 0 Å². The molecule has 1 aliphatic carbocycles. The van der Waals surface area contributed by atoms with Crippen LogP contribution in [-0.2, 0) is 4.79 Å². The van der Waals surface area contributed by atoms with E-state index in [1.165, 1.54) is 25.7 Å². The van der Waals surface area contributed by atoms with E-state index in [0.29, 0.717) is 11.8 Å². The molecule has 0 unspecified atom stereocenters. The highest BCUT2D eigenvalue weighted by molar-refractivity contribution is 6.23. The number of carbonyl (C=O) groups is 1. The van der Waals surface area contributed by atoms with Crippen molar-refractivity contribution in [1.82, 2.24) is 4.90 Å². The van der Waals surface area contributed by atoms with Crippen LogP contribution >= 0.6 is 0 Å². The first kappa shape index (κ1) is 9.41. The zero-order valence-electron chi connectivity index (χ0n) is 8.22. The zero-order chi connectivity index (χ0) is 9.97. The number of hydrogen-bond donors (Lipinski definition) is 0. The molecule has 3 fully saturated rings. The minimum Gasteiger partial charge on any atom is -0.361 e. The lowest BCUT2D eigenvalue weighted by Crippen LogP contribution is -2.35. The lowest BCUT2D eigenvalue weighted by atomic mass is 9.84. The summed E-state index contributed by atoms with van der Waals surface area (Å²) in [6.07, 6.45) is 6.02. The van der Waals surface area contributed by atoms with E-state index < -0.39 is 0 Å². The number of rotatable bonds is 1. The summed E-state index contributed by atoms with van der Waals surface area (Å²) in [5, 5.41) is 0. The van der Waals surface area contributed by atoms with Gasteiger partial charge in [-0.15, -0.1) is 0 Å². The smallest absolute Gasteiger partial charge is 0.344 e. The third-order valence-corrected chi connectivity index (χ3v) is 3.40. The van der Waals surface area contributed by atoms with E-state index in [9.17, 15) is 4.79 Å². The summed E-state index contributed by atoms with van der Waals surface area (Å²) < 4.78 is 0. The van der Waals surface area contributed by atoms with Crippen molar-refractivity contribution in [1.29, 1.82) is 0 Å². The zero-order valence-corrected chi connectivity index (χ0v) is 8.22. The van der Waals surface area contributed by atoms with Gasteiger partial charge in [0.1, 0.15) is 0 Å². The second-order valence-corrected chi connectivity index (χ2v) is 4.37. The monoisotopic (exact) mass is 193 g/mol. The highest BCUT2D eigenvalue weighted by Crippen LogP contribution is 2.33. The molecular formula is C10H15N3O. The lowest BCUT2D eigenvalue weighted by Gasteiger charge is -2.20. The molecule has 2 saturated heterocycles. The van der Waals surface area contributed by atoms with Crippen molar-refractivity contribution >= 4 is 12.1 Å². The maximum absolute atomic E-state index is 11.5. The van der Waals surface area contributed by atoms with Crippen LogP contribution in [0.15, 0.2) is 0 Å². The summed E-state index contributed by atoms with van der Waals surface area (Å²) >= 11 is 0. The topological polar surface area (TPSA) is 56.7 Å². The molecule has 0 radical (unpaired) electrons. The summed E-state index contributed by atoms with van der Waals surface area (Å²) in [4.78, 5) is 16.1. The Balaban J connectivity index is 2.07. The number of hydrogen-bond acceptors (Lipinski definition) is 1. The van der Waals surface area contributed by atoms with Gasteiger partial charge in [-0.2, -0.15) is 4.79 Å². The molecule has 3 aliphatic rings. The minimum absolute atomic E-state index is 0.147. The maximum atomic E-state index is 11.5. The molecule has 0 N–H and O–H groups in total. The molecule has 76 valence electrons. The molecule has 4 heteroatoms. The van der Waals surface area contributed by atoms with Crippen LogP contribution in [0.25, 0.3) is 5.53 Å².